The average molecular weight is 356 g/mol. The van der Waals surface area contributed by atoms with Crippen molar-refractivity contribution in [3.05, 3.63) is 38.3 Å². The Morgan fingerprint density at radius 1 is 1.52 bits per heavy atom. The molecule has 0 amide bonds. The maximum atomic E-state index is 11.0. The second kappa shape index (κ2) is 7.33. The van der Waals surface area contributed by atoms with E-state index in [1.54, 1.807) is 6.07 Å². The molecule has 0 radical (unpaired) electrons. The van der Waals surface area contributed by atoms with Crippen molar-refractivity contribution in [3.8, 4) is 0 Å². The molecule has 0 aromatic heterocycles. The lowest BCUT2D eigenvalue weighted by molar-refractivity contribution is -0.385. The van der Waals surface area contributed by atoms with Gasteiger partial charge in [0, 0.05) is 31.2 Å². The molecule has 2 rings (SSSR count). The zero-order valence-electron chi connectivity index (χ0n) is 12.5. The summed E-state index contributed by atoms with van der Waals surface area (Å²) >= 11 is 3.39. The maximum absolute atomic E-state index is 11.0. The molecule has 1 aromatic carbocycles. The largest absolute Gasteiger partial charge is 0.313 e. The fraction of sp³-hybridized carbons (Fsp3) is 0.600. The van der Waals surface area contributed by atoms with Gasteiger partial charge >= 0.3 is 0 Å². The van der Waals surface area contributed by atoms with Gasteiger partial charge in [-0.2, -0.15) is 0 Å². The number of benzene rings is 1. The first-order chi connectivity index (χ1) is 9.99. The van der Waals surface area contributed by atoms with Gasteiger partial charge in [0.1, 0.15) is 0 Å². The minimum atomic E-state index is -0.341. The zero-order chi connectivity index (χ0) is 15.4. The van der Waals surface area contributed by atoms with Gasteiger partial charge in [-0.25, -0.2) is 0 Å². The summed E-state index contributed by atoms with van der Waals surface area (Å²) in [6.45, 7) is 7.13. The van der Waals surface area contributed by atoms with Crippen molar-refractivity contribution < 1.29 is 4.92 Å². The fourth-order valence-corrected chi connectivity index (χ4v) is 3.24. The quantitative estimate of drug-likeness (QED) is 0.628. The molecular formula is C15H22BrN3O2. The lowest BCUT2D eigenvalue weighted by Gasteiger charge is -2.29. The first-order valence-corrected chi connectivity index (χ1v) is 8.17. The predicted molar refractivity (Wildman–Crippen MR) is 87.4 cm³/mol. The average Bonchev–Trinajstić information content (AvgIpc) is 2.92. The molecule has 0 spiro atoms. The molecule has 0 aliphatic carbocycles. The molecule has 1 N–H and O–H groups in total. The van der Waals surface area contributed by atoms with Crippen LogP contribution in [0, 0.1) is 10.1 Å². The highest BCUT2D eigenvalue weighted by molar-refractivity contribution is 9.10. The van der Waals surface area contributed by atoms with Crippen LogP contribution in [0.3, 0.4) is 0 Å². The van der Waals surface area contributed by atoms with E-state index in [1.807, 2.05) is 6.07 Å². The molecule has 21 heavy (non-hydrogen) atoms. The molecule has 6 heteroatoms. The molecule has 1 aliphatic heterocycles. The van der Waals surface area contributed by atoms with Crippen LogP contribution in [0.15, 0.2) is 22.7 Å². The summed E-state index contributed by atoms with van der Waals surface area (Å²) in [5.74, 6) is 0. The zero-order valence-corrected chi connectivity index (χ0v) is 14.1. The highest BCUT2D eigenvalue weighted by Crippen LogP contribution is 2.29. The van der Waals surface area contributed by atoms with E-state index in [4.69, 9.17) is 0 Å². The van der Waals surface area contributed by atoms with Crippen LogP contribution >= 0.6 is 15.9 Å². The van der Waals surface area contributed by atoms with Gasteiger partial charge in [0.2, 0.25) is 0 Å². The molecule has 1 heterocycles. The summed E-state index contributed by atoms with van der Waals surface area (Å²) in [5.41, 5.74) is 1.10. The molecule has 1 unspecified atom stereocenters. The lowest BCUT2D eigenvalue weighted by Crippen LogP contribution is -2.40. The number of nitrogens with one attached hydrogen (secondary N) is 1. The minimum Gasteiger partial charge on any atom is -0.313 e. The second-order valence-corrected chi connectivity index (χ2v) is 6.62. The number of nitro benzene ring substituents is 1. The highest BCUT2D eigenvalue weighted by Gasteiger charge is 2.22. The van der Waals surface area contributed by atoms with Gasteiger partial charge in [-0.3, -0.25) is 15.0 Å². The Balaban J connectivity index is 2.12. The van der Waals surface area contributed by atoms with Gasteiger partial charge in [0.25, 0.3) is 5.69 Å². The summed E-state index contributed by atoms with van der Waals surface area (Å²) in [6.07, 6.45) is 2.44. The first-order valence-electron chi connectivity index (χ1n) is 7.38. The van der Waals surface area contributed by atoms with Crippen molar-refractivity contribution in [2.24, 2.45) is 0 Å². The predicted octanol–water partition coefficient (Wildman–Crippen LogP) is 3.32. The molecule has 0 bridgehead atoms. The van der Waals surface area contributed by atoms with Gasteiger partial charge in [-0.1, -0.05) is 12.1 Å². The summed E-state index contributed by atoms with van der Waals surface area (Å²) in [7, 11) is 0. The summed E-state index contributed by atoms with van der Waals surface area (Å²) in [5, 5.41) is 14.5. The number of rotatable bonds is 6. The standard InChI is InChI=1S/C15H22BrN3O2/c1-11(2)18(10-13-6-4-8-17-13)9-12-5-3-7-14(15(12)16)19(20)21/h3,5,7,11,13,17H,4,6,8-10H2,1-2H3. The molecule has 5 nitrogen and oxygen atoms in total. The Morgan fingerprint density at radius 3 is 2.86 bits per heavy atom. The van der Waals surface area contributed by atoms with Gasteiger partial charge in [0.15, 0.2) is 0 Å². The van der Waals surface area contributed by atoms with Crippen molar-refractivity contribution in [1.82, 2.24) is 10.2 Å². The highest BCUT2D eigenvalue weighted by atomic mass is 79.9. The number of hydrogen-bond donors (Lipinski definition) is 1. The SMILES string of the molecule is CC(C)N(Cc1cccc([N+](=O)[O-])c1Br)CC1CCCN1. The molecule has 1 aliphatic rings. The smallest absolute Gasteiger partial charge is 0.283 e. The van der Waals surface area contributed by atoms with E-state index in [1.165, 1.54) is 18.9 Å². The van der Waals surface area contributed by atoms with E-state index >= 15 is 0 Å². The van der Waals surface area contributed by atoms with Crippen molar-refractivity contribution in [1.29, 1.82) is 0 Å². The normalized spacial score (nSPS) is 18.6. The van der Waals surface area contributed by atoms with Crippen LogP contribution in [0.1, 0.15) is 32.3 Å². The number of nitrogens with zero attached hydrogens (tertiary/aromatic N) is 2. The van der Waals surface area contributed by atoms with E-state index in [0.717, 1.165) is 25.2 Å². The first kappa shape index (κ1) is 16.4. The Kier molecular flexibility index (Phi) is 5.72. The molecule has 0 saturated carbocycles. The molecular weight excluding hydrogens is 334 g/mol. The van der Waals surface area contributed by atoms with E-state index in [-0.39, 0.29) is 10.6 Å². The number of nitro groups is 1. The Bertz CT molecular complexity index is 502. The van der Waals surface area contributed by atoms with E-state index < -0.39 is 0 Å². The Morgan fingerprint density at radius 2 is 2.29 bits per heavy atom. The fourth-order valence-electron chi connectivity index (χ4n) is 2.70. The second-order valence-electron chi connectivity index (χ2n) is 5.82. The van der Waals surface area contributed by atoms with Crippen LogP contribution in [-0.4, -0.2) is 35.0 Å². The Labute approximate surface area is 134 Å². The van der Waals surface area contributed by atoms with Crippen molar-refractivity contribution in [3.63, 3.8) is 0 Å². The lowest BCUT2D eigenvalue weighted by atomic mass is 10.1. The Hall–Kier alpha value is -0.980. The van der Waals surface area contributed by atoms with Gasteiger partial charge in [-0.05, 0) is 54.7 Å². The maximum Gasteiger partial charge on any atom is 0.283 e. The van der Waals surface area contributed by atoms with Crippen LogP contribution in [-0.2, 0) is 6.54 Å². The summed E-state index contributed by atoms with van der Waals surface area (Å²) < 4.78 is 0.597. The molecule has 116 valence electrons. The van der Waals surface area contributed by atoms with Crippen molar-refractivity contribution >= 4 is 21.6 Å². The van der Waals surface area contributed by atoms with E-state index in [2.05, 4.69) is 40.0 Å². The number of halogens is 1. The third-order valence-electron chi connectivity index (χ3n) is 3.98. The third-order valence-corrected chi connectivity index (χ3v) is 4.89. The van der Waals surface area contributed by atoms with Gasteiger partial charge in [-0.15, -0.1) is 0 Å². The van der Waals surface area contributed by atoms with Crippen LogP contribution in [0.2, 0.25) is 0 Å². The number of hydrogen-bond acceptors (Lipinski definition) is 4. The van der Waals surface area contributed by atoms with Crippen LogP contribution in [0.5, 0.6) is 0 Å². The molecule has 1 atom stereocenters. The van der Waals surface area contributed by atoms with Crippen LogP contribution < -0.4 is 5.32 Å². The van der Waals surface area contributed by atoms with E-state index in [9.17, 15) is 10.1 Å². The summed E-state index contributed by atoms with van der Waals surface area (Å²) in [6, 6.07) is 6.17. The molecule has 1 saturated heterocycles. The molecule has 1 fully saturated rings. The van der Waals surface area contributed by atoms with Gasteiger partial charge < -0.3 is 5.32 Å². The monoisotopic (exact) mass is 355 g/mol. The summed E-state index contributed by atoms with van der Waals surface area (Å²) in [4.78, 5) is 13.1. The molecule has 1 aromatic rings. The topological polar surface area (TPSA) is 58.4 Å². The van der Waals surface area contributed by atoms with E-state index in [0.29, 0.717) is 16.6 Å². The van der Waals surface area contributed by atoms with Crippen molar-refractivity contribution in [2.75, 3.05) is 13.1 Å². The van der Waals surface area contributed by atoms with Crippen molar-refractivity contribution in [2.45, 2.75) is 45.3 Å². The van der Waals surface area contributed by atoms with Crippen LogP contribution in [0.4, 0.5) is 5.69 Å². The minimum absolute atomic E-state index is 0.134. The third kappa shape index (κ3) is 4.25. The van der Waals surface area contributed by atoms with Gasteiger partial charge in [0.05, 0.1) is 9.40 Å². The van der Waals surface area contributed by atoms with Crippen LogP contribution in [0.25, 0.3) is 0 Å².